The number of carbonyl (C=O) groups is 1. The van der Waals surface area contributed by atoms with E-state index in [1.54, 1.807) is 11.0 Å². The second-order valence-corrected chi connectivity index (χ2v) is 4.49. The molecule has 0 aliphatic carbocycles. The lowest BCUT2D eigenvalue weighted by molar-refractivity contribution is -0.134. The van der Waals surface area contributed by atoms with Crippen LogP contribution in [0.25, 0.3) is 0 Å². The molecule has 96 valence electrons. The van der Waals surface area contributed by atoms with E-state index in [1.807, 2.05) is 32.0 Å². The van der Waals surface area contributed by atoms with E-state index in [0.29, 0.717) is 24.5 Å². The van der Waals surface area contributed by atoms with Crippen molar-refractivity contribution in [3.8, 4) is 6.07 Å². The fraction of sp³-hybridized carbons (Fsp3) is 0.429. The SMILES string of the molecule is CCN(Cc1ccccc1C#N)C(=O)C(C)CCl. The Hall–Kier alpha value is -1.53. The third-order valence-corrected chi connectivity index (χ3v) is 3.31. The molecule has 4 heteroatoms. The molecule has 3 nitrogen and oxygen atoms in total. The van der Waals surface area contributed by atoms with Gasteiger partial charge in [0, 0.05) is 24.9 Å². The zero-order valence-corrected chi connectivity index (χ0v) is 11.4. The molecule has 1 atom stereocenters. The maximum absolute atomic E-state index is 12.1. The number of alkyl halides is 1. The first kappa shape index (κ1) is 14.5. The number of carbonyl (C=O) groups excluding carboxylic acids is 1. The van der Waals surface area contributed by atoms with Crippen molar-refractivity contribution in [1.82, 2.24) is 4.90 Å². The molecule has 0 saturated heterocycles. The zero-order chi connectivity index (χ0) is 13.5. The summed E-state index contributed by atoms with van der Waals surface area (Å²) in [5, 5.41) is 9.02. The molecule has 0 heterocycles. The predicted octanol–water partition coefficient (Wildman–Crippen LogP) is 2.78. The van der Waals surface area contributed by atoms with Crippen LogP contribution in [0, 0.1) is 17.2 Å². The molecule has 1 aromatic rings. The van der Waals surface area contributed by atoms with Gasteiger partial charge in [-0.2, -0.15) is 5.26 Å². The highest BCUT2D eigenvalue weighted by atomic mass is 35.5. The monoisotopic (exact) mass is 264 g/mol. The third kappa shape index (κ3) is 3.48. The van der Waals surface area contributed by atoms with Crippen LogP contribution in [0.2, 0.25) is 0 Å². The first-order valence-corrected chi connectivity index (χ1v) is 6.50. The smallest absolute Gasteiger partial charge is 0.226 e. The summed E-state index contributed by atoms with van der Waals surface area (Å²) in [6.07, 6.45) is 0. The highest BCUT2D eigenvalue weighted by molar-refractivity contribution is 6.19. The average molecular weight is 265 g/mol. The lowest BCUT2D eigenvalue weighted by Gasteiger charge is -2.24. The van der Waals surface area contributed by atoms with Gasteiger partial charge in [-0.15, -0.1) is 11.6 Å². The summed E-state index contributed by atoms with van der Waals surface area (Å²) in [7, 11) is 0. The Morgan fingerprint density at radius 2 is 2.17 bits per heavy atom. The molecule has 0 aliphatic heterocycles. The van der Waals surface area contributed by atoms with Crippen LogP contribution in [-0.2, 0) is 11.3 Å². The second kappa shape index (κ2) is 7.03. The maximum atomic E-state index is 12.1. The Labute approximate surface area is 113 Å². The number of hydrogen-bond donors (Lipinski definition) is 0. The van der Waals surface area contributed by atoms with Crippen LogP contribution >= 0.6 is 11.6 Å². The van der Waals surface area contributed by atoms with E-state index in [1.165, 1.54) is 0 Å². The van der Waals surface area contributed by atoms with E-state index in [9.17, 15) is 4.79 Å². The van der Waals surface area contributed by atoms with Crippen molar-refractivity contribution in [2.75, 3.05) is 12.4 Å². The summed E-state index contributed by atoms with van der Waals surface area (Å²) in [5.74, 6) is 0.149. The molecule has 1 amide bonds. The normalized spacial score (nSPS) is 11.7. The van der Waals surface area contributed by atoms with Gasteiger partial charge in [-0.1, -0.05) is 25.1 Å². The van der Waals surface area contributed by atoms with E-state index in [-0.39, 0.29) is 11.8 Å². The van der Waals surface area contributed by atoms with Crippen molar-refractivity contribution >= 4 is 17.5 Å². The lowest BCUT2D eigenvalue weighted by atomic mass is 10.1. The number of benzene rings is 1. The van der Waals surface area contributed by atoms with Gasteiger partial charge in [0.2, 0.25) is 5.91 Å². The van der Waals surface area contributed by atoms with Crippen LogP contribution in [0.5, 0.6) is 0 Å². The largest absolute Gasteiger partial charge is 0.338 e. The fourth-order valence-corrected chi connectivity index (χ4v) is 1.83. The molecule has 1 aromatic carbocycles. The van der Waals surface area contributed by atoms with Crippen LogP contribution in [-0.4, -0.2) is 23.2 Å². The average Bonchev–Trinajstić information content (AvgIpc) is 2.43. The van der Waals surface area contributed by atoms with Crippen molar-refractivity contribution in [3.05, 3.63) is 35.4 Å². The molecule has 0 aliphatic rings. The molecule has 1 unspecified atom stereocenters. The van der Waals surface area contributed by atoms with E-state index < -0.39 is 0 Å². The number of nitrogens with zero attached hydrogens (tertiary/aromatic N) is 2. The molecule has 0 fully saturated rings. The summed E-state index contributed by atoms with van der Waals surface area (Å²) >= 11 is 5.71. The quantitative estimate of drug-likeness (QED) is 0.768. The van der Waals surface area contributed by atoms with Gasteiger partial charge in [-0.25, -0.2) is 0 Å². The Kier molecular flexibility index (Phi) is 5.67. The predicted molar refractivity (Wildman–Crippen MR) is 72.1 cm³/mol. The summed E-state index contributed by atoms with van der Waals surface area (Å²) in [6.45, 7) is 4.81. The highest BCUT2D eigenvalue weighted by Gasteiger charge is 2.19. The lowest BCUT2D eigenvalue weighted by Crippen LogP contribution is -2.35. The first-order chi connectivity index (χ1) is 8.63. The summed E-state index contributed by atoms with van der Waals surface area (Å²) in [5.41, 5.74) is 1.49. The molecular weight excluding hydrogens is 248 g/mol. The minimum atomic E-state index is -0.194. The van der Waals surface area contributed by atoms with Crippen molar-refractivity contribution in [3.63, 3.8) is 0 Å². The van der Waals surface area contributed by atoms with Gasteiger partial charge in [0.05, 0.1) is 11.6 Å². The number of nitriles is 1. The third-order valence-electron chi connectivity index (χ3n) is 2.85. The molecule has 0 N–H and O–H groups in total. The van der Waals surface area contributed by atoms with E-state index in [4.69, 9.17) is 16.9 Å². The highest BCUT2D eigenvalue weighted by Crippen LogP contribution is 2.13. The van der Waals surface area contributed by atoms with Gasteiger partial charge in [-0.05, 0) is 18.6 Å². The topological polar surface area (TPSA) is 44.1 Å². The molecule has 0 saturated carbocycles. The Balaban J connectivity index is 2.87. The number of hydrogen-bond acceptors (Lipinski definition) is 2. The summed E-state index contributed by atoms with van der Waals surface area (Å²) in [4.78, 5) is 13.8. The van der Waals surface area contributed by atoms with Gasteiger partial charge in [0.25, 0.3) is 0 Å². The van der Waals surface area contributed by atoms with E-state index >= 15 is 0 Å². The zero-order valence-electron chi connectivity index (χ0n) is 10.7. The first-order valence-electron chi connectivity index (χ1n) is 5.96. The minimum absolute atomic E-state index is 0.0280. The Morgan fingerprint density at radius 1 is 1.50 bits per heavy atom. The van der Waals surface area contributed by atoms with E-state index in [2.05, 4.69) is 6.07 Å². The summed E-state index contributed by atoms with van der Waals surface area (Å²) < 4.78 is 0. The van der Waals surface area contributed by atoms with Gasteiger partial charge < -0.3 is 4.90 Å². The number of amides is 1. The minimum Gasteiger partial charge on any atom is -0.338 e. The molecule has 18 heavy (non-hydrogen) atoms. The maximum Gasteiger partial charge on any atom is 0.226 e. The van der Waals surface area contributed by atoms with Crippen LogP contribution < -0.4 is 0 Å². The molecule has 0 bridgehead atoms. The summed E-state index contributed by atoms with van der Waals surface area (Å²) in [6, 6.07) is 9.48. The van der Waals surface area contributed by atoms with Crippen LogP contribution in [0.4, 0.5) is 0 Å². The van der Waals surface area contributed by atoms with Crippen LogP contribution in [0.3, 0.4) is 0 Å². The molecule has 0 aromatic heterocycles. The van der Waals surface area contributed by atoms with Crippen LogP contribution in [0.15, 0.2) is 24.3 Å². The van der Waals surface area contributed by atoms with Gasteiger partial charge >= 0.3 is 0 Å². The van der Waals surface area contributed by atoms with Gasteiger partial charge in [-0.3, -0.25) is 4.79 Å². The van der Waals surface area contributed by atoms with Crippen molar-refractivity contribution in [2.45, 2.75) is 20.4 Å². The number of halogens is 1. The molecule has 0 radical (unpaired) electrons. The van der Waals surface area contributed by atoms with Crippen molar-refractivity contribution in [1.29, 1.82) is 5.26 Å². The number of rotatable bonds is 5. The molecular formula is C14H17ClN2O. The Bertz CT molecular complexity index is 453. The molecule has 1 rings (SSSR count). The second-order valence-electron chi connectivity index (χ2n) is 4.18. The van der Waals surface area contributed by atoms with Crippen molar-refractivity contribution < 1.29 is 4.79 Å². The van der Waals surface area contributed by atoms with Gasteiger partial charge in [0.15, 0.2) is 0 Å². The molecule has 0 spiro atoms. The fourth-order valence-electron chi connectivity index (χ4n) is 1.70. The van der Waals surface area contributed by atoms with Crippen molar-refractivity contribution in [2.24, 2.45) is 5.92 Å². The van der Waals surface area contributed by atoms with Gasteiger partial charge in [0.1, 0.15) is 0 Å². The van der Waals surface area contributed by atoms with E-state index in [0.717, 1.165) is 5.56 Å². The standard InChI is InChI=1S/C14H17ClN2O/c1-3-17(14(18)11(2)8-15)10-13-7-5-4-6-12(13)9-16/h4-7,11H,3,8,10H2,1-2H3. The van der Waals surface area contributed by atoms with Crippen LogP contribution in [0.1, 0.15) is 25.0 Å². The Morgan fingerprint density at radius 3 is 2.72 bits per heavy atom.